The van der Waals surface area contributed by atoms with Gasteiger partial charge in [-0.1, -0.05) is 24.6 Å². The van der Waals surface area contributed by atoms with E-state index >= 15 is 0 Å². The highest BCUT2D eigenvalue weighted by Gasteiger charge is 2.10. The molecule has 0 radical (unpaired) electrons. The summed E-state index contributed by atoms with van der Waals surface area (Å²) in [5.74, 6) is 0. The van der Waals surface area contributed by atoms with Crippen molar-refractivity contribution in [3.8, 4) is 0 Å². The van der Waals surface area contributed by atoms with Crippen molar-refractivity contribution >= 4 is 17.3 Å². The molecule has 0 aliphatic rings. The van der Waals surface area contributed by atoms with Crippen LogP contribution in [0.1, 0.15) is 32.8 Å². The van der Waals surface area contributed by atoms with Crippen LogP contribution in [0.25, 0.3) is 0 Å². The van der Waals surface area contributed by atoms with Gasteiger partial charge in [0.25, 0.3) is 0 Å². The zero-order chi connectivity index (χ0) is 12.7. The van der Waals surface area contributed by atoms with Gasteiger partial charge in [0.05, 0.1) is 0 Å². The molecule has 0 saturated heterocycles. The van der Waals surface area contributed by atoms with E-state index in [2.05, 4.69) is 37.1 Å². The van der Waals surface area contributed by atoms with Gasteiger partial charge in [-0.3, -0.25) is 0 Å². The van der Waals surface area contributed by atoms with Crippen molar-refractivity contribution in [2.24, 2.45) is 0 Å². The number of anilines is 1. The maximum absolute atomic E-state index is 6.30. The van der Waals surface area contributed by atoms with E-state index in [-0.39, 0.29) is 0 Å². The van der Waals surface area contributed by atoms with Crippen LogP contribution >= 0.6 is 11.6 Å². The third-order valence-corrected chi connectivity index (χ3v) is 3.28. The minimum Gasteiger partial charge on any atom is -0.372 e. The van der Waals surface area contributed by atoms with Gasteiger partial charge in [0.15, 0.2) is 0 Å². The molecule has 17 heavy (non-hydrogen) atoms. The van der Waals surface area contributed by atoms with Crippen LogP contribution in [0, 0.1) is 0 Å². The van der Waals surface area contributed by atoms with Crippen molar-refractivity contribution < 1.29 is 0 Å². The van der Waals surface area contributed by atoms with Gasteiger partial charge in [0, 0.05) is 35.9 Å². The highest BCUT2D eigenvalue weighted by molar-refractivity contribution is 6.31. The van der Waals surface area contributed by atoms with Gasteiger partial charge in [-0.15, -0.1) is 0 Å². The van der Waals surface area contributed by atoms with Gasteiger partial charge in [-0.25, -0.2) is 0 Å². The lowest BCUT2D eigenvalue weighted by Crippen LogP contribution is -2.25. The molecule has 0 fully saturated rings. The Bertz CT molecular complexity index is 335. The van der Waals surface area contributed by atoms with Crippen LogP contribution < -0.4 is 10.2 Å². The smallest absolute Gasteiger partial charge is 0.0471 e. The van der Waals surface area contributed by atoms with Crippen LogP contribution in [0.4, 0.5) is 5.69 Å². The highest BCUT2D eigenvalue weighted by atomic mass is 35.5. The largest absolute Gasteiger partial charge is 0.372 e. The first-order valence-corrected chi connectivity index (χ1v) is 6.85. The molecule has 1 N–H and O–H groups in total. The summed E-state index contributed by atoms with van der Waals surface area (Å²) in [6.45, 7) is 10.4. The van der Waals surface area contributed by atoms with E-state index in [0.29, 0.717) is 0 Å². The first-order chi connectivity index (χ1) is 8.24. The molecule has 0 spiro atoms. The first-order valence-electron chi connectivity index (χ1n) is 6.47. The molecular formula is C14H23ClN2. The molecule has 0 saturated carbocycles. The SMILES string of the molecule is CCCNCc1c(Cl)cccc1N(CC)CC. The van der Waals surface area contributed by atoms with Crippen molar-refractivity contribution in [2.45, 2.75) is 33.7 Å². The Labute approximate surface area is 110 Å². The van der Waals surface area contributed by atoms with E-state index in [1.165, 1.54) is 11.3 Å². The Morgan fingerprint density at radius 2 is 1.88 bits per heavy atom. The van der Waals surface area contributed by atoms with Crippen LogP contribution in [-0.4, -0.2) is 19.6 Å². The molecule has 0 bridgehead atoms. The van der Waals surface area contributed by atoms with Crippen molar-refractivity contribution in [1.29, 1.82) is 0 Å². The van der Waals surface area contributed by atoms with E-state index in [9.17, 15) is 0 Å². The second kappa shape index (κ2) is 7.57. The Hall–Kier alpha value is -0.730. The second-order valence-corrected chi connectivity index (χ2v) is 4.49. The summed E-state index contributed by atoms with van der Waals surface area (Å²) >= 11 is 6.30. The van der Waals surface area contributed by atoms with Gasteiger partial charge < -0.3 is 10.2 Å². The van der Waals surface area contributed by atoms with E-state index < -0.39 is 0 Å². The fourth-order valence-corrected chi connectivity index (χ4v) is 2.21. The second-order valence-electron chi connectivity index (χ2n) is 4.09. The summed E-state index contributed by atoms with van der Waals surface area (Å²) < 4.78 is 0. The Kier molecular flexibility index (Phi) is 6.38. The predicted octanol–water partition coefficient (Wildman–Crippen LogP) is 3.69. The summed E-state index contributed by atoms with van der Waals surface area (Å²) in [4.78, 5) is 2.34. The van der Waals surface area contributed by atoms with Gasteiger partial charge in [-0.05, 0) is 38.9 Å². The number of rotatable bonds is 7. The zero-order valence-corrected chi connectivity index (χ0v) is 11.8. The molecule has 1 aromatic carbocycles. The Morgan fingerprint density at radius 1 is 1.18 bits per heavy atom. The maximum atomic E-state index is 6.30. The molecule has 1 aromatic rings. The van der Waals surface area contributed by atoms with E-state index in [4.69, 9.17) is 11.6 Å². The number of hydrogen-bond donors (Lipinski definition) is 1. The van der Waals surface area contributed by atoms with Gasteiger partial charge >= 0.3 is 0 Å². The normalized spacial score (nSPS) is 10.6. The molecule has 0 aliphatic carbocycles. The summed E-state index contributed by atoms with van der Waals surface area (Å²) in [5.41, 5.74) is 2.47. The molecule has 0 atom stereocenters. The summed E-state index contributed by atoms with van der Waals surface area (Å²) in [7, 11) is 0. The van der Waals surface area contributed by atoms with Crippen molar-refractivity contribution in [3.05, 3.63) is 28.8 Å². The third kappa shape index (κ3) is 3.90. The maximum Gasteiger partial charge on any atom is 0.0471 e. The first kappa shape index (κ1) is 14.3. The highest BCUT2D eigenvalue weighted by Crippen LogP contribution is 2.27. The van der Waals surface area contributed by atoms with E-state index in [1.807, 2.05) is 12.1 Å². The average molecular weight is 255 g/mol. The quantitative estimate of drug-likeness (QED) is 0.747. The molecular weight excluding hydrogens is 232 g/mol. The lowest BCUT2D eigenvalue weighted by molar-refractivity contribution is 0.673. The molecule has 1 rings (SSSR count). The van der Waals surface area contributed by atoms with Crippen LogP contribution in [0.15, 0.2) is 18.2 Å². The van der Waals surface area contributed by atoms with Gasteiger partial charge in [0.2, 0.25) is 0 Å². The van der Waals surface area contributed by atoms with Crippen molar-refractivity contribution in [2.75, 3.05) is 24.5 Å². The third-order valence-electron chi connectivity index (χ3n) is 2.93. The summed E-state index contributed by atoms with van der Waals surface area (Å²) in [6, 6.07) is 6.15. The number of halogens is 1. The fraction of sp³-hybridized carbons (Fsp3) is 0.571. The van der Waals surface area contributed by atoms with Crippen LogP contribution in [0.5, 0.6) is 0 Å². The lowest BCUT2D eigenvalue weighted by atomic mass is 10.1. The molecule has 0 heterocycles. The molecule has 0 amide bonds. The topological polar surface area (TPSA) is 15.3 Å². The summed E-state index contributed by atoms with van der Waals surface area (Å²) in [5, 5.41) is 4.28. The molecule has 3 heteroatoms. The number of benzene rings is 1. The number of nitrogens with one attached hydrogen (secondary N) is 1. The van der Waals surface area contributed by atoms with Crippen LogP contribution in [0.2, 0.25) is 5.02 Å². The minimum absolute atomic E-state index is 0.847. The minimum atomic E-state index is 0.847. The van der Waals surface area contributed by atoms with Crippen molar-refractivity contribution in [1.82, 2.24) is 5.32 Å². The summed E-state index contributed by atoms with van der Waals surface area (Å²) in [6.07, 6.45) is 1.14. The Morgan fingerprint density at radius 3 is 2.47 bits per heavy atom. The van der Waals surface area contributed by atoms with Crippen LogP contribution in [0.3, 0.4) is 0 Å². The van der Waals surface area contributed by atoms with Crippen LogP contribution in [-0.2, 0) is 6.54 Å². The standard InChI is InChI=1S/C14H23ClN2/c1-4-10-16-11-12-13(15)8-7-9-14(12)17(5-2)6-3/h7-9,16H,4-6,10-11H2,1-3H3. The lowest BCUT2D eigenvalue weighted by Gasteiger charge is -2.25. The van der Waals surface area contributed by atoms with Gasteiger partial charge in [0.1, 0.15) is 0 Å². The molecule has 2 nitrogen and oxygen atoms in total. The Balaban J connectivity index is 2.90. The van der Waals surface area contributed by atoms with Gasteiger partial charge in [-0.2, -0.15) is 0 Å². The number of nitrogens with zero attached hydrogens (tertiary/aromatic N) is 1. The van der Waals surface area contributed by atoms with Crippen molar-refractivity contribution in [3.63, 3.8) is 0 Å². The van der Waals surface area contributed by atoms with E-state index in [0.717, 1.165) is 37.6 Å². The zero-order valence-electron chi connectivity index (χ0n) is 11.1. The molecule has 0 aliphatic heterocycles. The molecule has 0 aromatic heterocycles. The predicted molar refractivity (Wildman–Crippen MR) is 77.0 cm³/mol. The average Bonchev–Trinajstić information content (AvgIpc) is 2.34. The number of hydrogen-bond acceptors (Lipinski definition) is 2. The van der Waals surface area contributed by atoms with E-state index in [1.54, 1.807) is 0 Å². The molecule has 0 unspecified atom stereocenters. The monoisotopic (exact) mass is 254 g/mol. The molecule has 96 valence electrons. The fourth-order valence-electron chi connectivity index (χ4n) is 1.97.